The number of benzene rings is 2. The van der Waals surface area contributed by atoms with Gasteiger partial charge in [-0.3, -0.25) is 4.79 Å². The molecule has 22 heavy (non-hydrogen) atoms. The summed E-state index contributed by atoms with van der Waals surface area (Å²) in [7, 11) is 1.65. The smallest absolute Gasteiger partial charge is 0.221 e. The number of halogens is 1. The molecule has 0 radical (unpaired) electrons. The van der Waals surface area contributed by atoms with E-state index in [-0.39, 0.29) is 5.91 Å². The molecule has 0 heterocycles. The van der Waals surface area contributed by atoms with E-state index in [0.29, 0.717) is 0 Å². The largest absolute Gasteiger partial charge is 0.497 e. The van der Waals surface area contributed by atoms with Crippen LogP contribution < -0.4 is 10.1 Å². The third kappa shape index (κ3) is 4.27. The van der Waals surface area contributed by atoms with Gasteiger partial charge in [0.05, 0.1) is 7.11 Å². The normalized spacial score (nSPS) is 10.4. The molecule has 2 aromatic carbocycles. The van der Waals surface area contributed by atoms with E-state index < -0.39 is 0 Å². The van der Waals surface area contributed by atoms with Gasteiger partial charge in [0, 0.05) is 22.0 Å². The lowest BCUT2D eigenvalue weighted by Gasteiger charge is -2.14. The second kappa shape index (κ2) is 7.70. The van der Waals surface area contributed by atoms with Gasteiger partial charge in [-0.15, -0.1) is 11.8 Å². The van der Waals surface area contributed by atoms with Crippen LogP contribution in [0.3, 0.4) is 0 Å². The van der Waals surface area contributed by atoms with Gasteiger partial charge in [-0.1, -0.05) is 12.1 Å². The van der Waals surface area contributed by atoms with Crippen molar-refractivity contribution in [2.45, 2.75) is 18.2 Å². The van der Waals surface area contributed by atoms with Gasteiger partial charge in [0.25, 0.3) is 0 Å². The second-order valence-electron chi connectivity index (χ2n) is 4.85. The maximum Gasteiger partial charge on any atom is 0.221 e. The highest BCUT2D eigenvalue weighted by Gasteiger charge is 2.10. The lowest BCUT2D eigenvalue weighted by molar-refractivity contribution is -0.114. The molecule has 5 heteroatoms. The highest BCUT2D eigenvalue weighted by atomic mass is 79.9. The minimum atomic E-state index is -0.0645. The van der Waals surface area contributed by atoms with Gasteiger partial charge in [0.1, 0.15) is 5.75 Å². The summed E-state index contributed by atoms with van der Waals surface area (Å²) >= 11 is 5.23. The van der Waals surface area contributed by atoms with Crippen LogP contribution in [0.5, 0.6) is 5.75 Å². The van der Waals surface area contributed by atoms with E-state index in [2.05, 4.69) is 27.3 Å². The highest BCUT2D eigenvalue weighted by molar-refractivity contribution is 9.10. The Kier molecular flexibility index (Phi) is 5.91. The SMILES string of the molecule is COc1ccc(Cc2cc(Br)c(SC)cc2NC(C)=O)cc1. The van der Waals surface area contributed by atoms with Crippen LogP contribution in [0, 0.1) is 0 Å². The van der Waals surface area contributed by atoms with Crippen LogP contribution in [0.2, 0.25) is 0 Å². The van der Waals surface area contributed by atoms with E-state index >= 15 is 0 Å². The van der Waals surface area contributed by atoms with Crippen molar-refractivity contribution in [2.24, 2.45) is 0 Å². The number of rotatable bonds is 5. The number of carbonyl (C=O) groups is 1. The van der Waals surface area contributed by atoms with E-state index in [0.717, 1.165) is 38.4 Å². The number of anilines is 1. The number of methoxy groups -OCH3 is 1. The highest BCUT2D eigenvalue weighted by Crippen LogP contribution is 2.33. The van der Waals surface area contributed by atoms with Crippen LogP contribution in [-0.2, 0) is 11.2 Å². The summed E-state index contributed by atoms with van der Waals surface area (Å²) < 4.78 is 6.22. The molecule has 0 aliphatic rings. The summed E-state index contributed by atoms with van der Waals surface area (Å²) in [6, 6.07) is 12.0. The van der Waals surface area contributed by atoms with E-state index in [9.17, 15) is 4.79 Å². The van der Waals surface area contributed by atoms with E-state index in [1.54, 1.807) is 18.9 Å². The molecule has 0 aromatic heterocycles. The number of hydrogen-bond acceptors (Lipinski definition) is 3. The lowest BCUT2D eigenvalue weighted by Crippen LogP contribution is -2.09. The molecule has 0 bridgehead atoms. The number of thioether (sulfide) groups is 1. The first-order valence-electron chi connectivity index (χ1n) is 6.80. The fourth-order valence-corrected chi connectivity index (χ4v) is 3.53. The third-order valence-corrected chi connectivity index (χ3v) is 4.94. The van der Waals surface area contributed by atoms with Crippen molar-refractivity contribution in [3.05, 3.63) is 52.0 Å². The average molecular weight is 380 g/mol. The monoisotopic (exact) mass is 379 g/mol. The molecule has 1 amide bonds. The Hall–Kier alpha value is -1.46. The number of nitrogens with one attached hydrogen (secondary N) is 1. The molecule has 0 unspecified atom stereocenters. The standard InChI is InChI=1S/C17H18BrNO2S/c1-11(20)19-16-10-17(22-3)15(18)9-13(16)8-12-4-6-14(21-2)7-5-12/h4-7,9-10H,8H2,1-3H3,(H,19,20). The molecule has 2 aromatic rings. The van der Waals surface area contributed by atoms with Crippen molar-refractivity contribution >= 4 is 39.3 Å². The van der Waals surface area contributed by atoms with Crippen molar-refractivity contribution in [1.82, 2.24) is 0 Å². The minimum Gasteiger partial charge on any atom is -0.497 e. The maximum absolute atomic E-state index is 11.4. The Bertz CT molecular complexity index is 671. The topological polar surface area (TPSA) is 38.3 Å². The second-order valence-corrected chi connectivity index (χ2v) is 6.55. The van der Waals surface area contributed by atoms with Gasteiger partial charge in [-0.25, -0.2) is 0 Å². The zero-order chi connectivity index (χ0) is 16.1. The van der Waals surface area contributed by atoms with Crippen molar-refractivity contribution in [3.63, 3.8) is 0 Å². The molecule has 1 N–H and O–H groups in total. The summed E-state index contributed by atoms with van der Waals surface area (Å²) in [6.07, 6.45) is 2.76. The Morgan fingerprint density at radius 1 is 1.27 bits per heavy atom. The number of ether oxygens (including phenoxy) is 1. The predicted octanol–water partition coefficient (Wildman–Crippen LogP) is 4.73. The van der Waals surface area contributed by atoms with Crippen LogP contribution in [0.25, 0.3) is 0 Å². The van der Waals surface area contributed by atoms with E-state index in [1.807, 2.05) is 36.6 Å². The minimum absolute atomic E-state index is 0.0645. The number of hydrogen-bond donors (Lipinski definition) is 1. The number of amides is 1. The van der Waals surface area contributed by atoms with E-state index in [1.165, 1.54) is 6.92 Å². The van der Waals surface area contributed by atoms with Crippen molar-refractivity contribution < 1.29 is 9.53 Å². The molecule has 0 atom stereocenters. The van der Waals surface area contributed by atoms with Crippen LogP contribution >= 0.6 is 27.7 Å². The molecule has 3 nitrogen and oxygen atoms in total. The van der Waals surface area contributed by atoms with Gasteiger partial charge in [0.15, 0.2) is 0 Å². The van der Waals surface area contributed by atoms with Crippen molar-refractivity contribution in [1.29, 1.82) is 0 Å². The summed E-state index contributed by atoms with van der Waals surface area (Å²) in [5.41, 5.74) is 3.09. The first-order valence-corrected chi connectivity index (χ1v) is 8.82. The van der Waals surface area contributed by atoms with Gasteiger partial charge in [-0.05, 0) is 64.0 Å². The summed E-state index contributed by atoms with van der Waals surface area (Å²) in [5.74, 6) is 0.773. The third-order valence-electron chi connectivity index (χ3n) is 3.24. The molecule has 0 spiro atoms. The zero-order valence-corrected chi connectivity index (χ0v) is 15.2. The quantitative estimate of drug-likeness (QED) is 0.763. The number of carbonyl (C=O) groups excluding carboxylic acids is 1. The van der Waals surface area contributed by atoms with Gasteiger partial charge >= 0.3 is 0 Å². The fraction of sp³-hybridized carbons (Fsp3) is 0.235. The van der Waals surface area contributed by atoms with Crippen LogP contribution in [-0.4, -0.2) is 19.3 Å². The first-order chi connectivity index (χ1) is 10.5. The molecule has 0 aliphatic carbocycles. The average Bonchev–Trinajstić information content (AvgIpc) is 2.50. The molecule has 0 fully saturated rings. The van der Waals surface area contributed by atoms with Crippen molar-refractivity contribution in [3.8, 4) is 5.75 Å². The summed E-state index contributed by atoms with van der Waals surface area (Å²) in [6.45, 7) is 1.53. The molecule has 0 saturated carbocycles. The van der Waals surface area contributed by atoms with Crippen molar-refractivity contribution in [2.75, 3.05) is 18.7 Å². The Balaban J connectivity index is 2.34. The van der Waals surface area contributed by atoms with Crippen LogP contribution in [0.15, 0.2) is 45.8 Å². The van der Waals surface area contributed by atoms with Crippen LogP contribution in [0.1, 0.15) is 18.1 Å². The molecule has 2 rings (SSSR count). The lowest BCUT2D eigenvalue weighted by atomic mass is 10.0. The molecular weight excluding hydrogens is 362 g/mol. The Morgan fingerprint density at radius 2 is 1.95 bits per heavy atom. The maximum atomic E-state index is 11.4. The van der Waals surface area contributed by atoms with Gasteiger partial charge in [-0.2, -0.15) is 0 Å². The fourth-order valence-electron chi connectivity index (χ4n) is 2.17. The van der Waals surface area contributed by atoms with Crippen LogP contribution in [0.4, 0.5) is 5.69 Å². The Morgan fingerprint density at radius 3 is 2.50 bits per heavy atom. The van der Waals surface area contributed by atoms with E-state index in [4.69, 9.17) is 4.74 Å². The molecule has 0 aliphatic heterocycles. The van der Waals surface area contributed by atoms with Gasteiger partial charge in [0.2, 0.25) is 5.91 Å². The van der Waals surface area contributed by atoms with Gasteiger partial charge < -0.3 is 10.1 Å². The predicted molar refractivity (Wildman–Crippen MR) is 96.0 cm³/mol. The first kappa shape index (κ1) is 16.9. The molecular formula is C17H18BrNO2S. The Labute approximate surface area is 143 Å². The summed E-state index contributed by atoms with van der Waals surface area (Å²) in [4.78, 5) is 12.5. The molecule has 0 saturated heterocycles. The molecule has 116 valence electrons. The zero-order valence-electron chi connectivity index (χ0n) is 12.8. The summed E-state index contributed by atoms with van der Waals surface area (Å²) in [5, 5.41) is 2.92.